The first-order valence-electron chi connectivity index (χ1n) is 1.25. The van der Waals surface area contributed by atoms with Gasteiger partial charge < -0.3 is 0 Å². The van der Waals surface area contributed by atoms with Crippen molar-refractivity contribution in [3.8, 4) is 0 Å². The van der Waals surface area contributed by atoms with Crippen LogP contribution in [0.25, 0.3) is 0 Å². The molecular formula is C3H4IO. The molecule has 0 bridgehead atoms. The van der Waals surface area contributed by atoms with E-state index in [0.29, 0.717) is 0 Å². The number of rotatable bonds is 1. The third-order valence-electron chi connectivity index (χ3n) is 0.185. The molecule has 0 aliphatic rings. The van der Waals surface area contributed by atoms with Gasteiger partial charge in [0, 0.05) is 0 Å². The van der Waals surface area contributed by atoms with E-state index >= 15 is 0 Å². The smallest absolute Gasteiger partial charge is 0.101 e. The quantitative estimate of drug-likeness (QED) is 0.547. The van der Waals surface area contributed by atoms with Crippen molar-refractivity contribution in [1.82, 2.24) is 0 Å². The van der Waals surface area contributed by atoms with E-state index in [0.717, 1.165) is 0 Å². The first-order valence-corrected chi connectivity index (χ1v) is 2.49. The van der Waals surface area contributed by atoms with Crippen molar-refractivity contribution in [3.05, 3.63) is 10.2 Å². The molecule has 29 valence electrons. The van der Waals surface area contributed by atoms with Crippen LogP contribution < -0.4 is 0 Å². The summed E-state index contributed by atoms with van der Waals surface area (Å²) < 4.78 is 1.71. The van der Waals surface area contributed by atoms with Gasteiger partial charge in [-0.15, -0.1) is 0 Å². The van der Waals surface area contributed by atoms with E-state index in [1.54, 1.807) is 10.2 Å². The zero-order valence-corrected chi connectivity index (χ0v) is 4.81. The Bertz CT molecular complexity index is 33.9. The molecule has 0 atom stereocenters. The second kappa shape index (κ2) is 4.43. The van der Waals surface area contributed by atoms with E-state index in [9.17, 15) is 5.11 Å². The minimum Gasteiger partial charge on any atom is -0.232 e. The minimum absolute atomic E-state index is 0.0943. The summed E-state index contributed by atoms with van der Waals surface area (Å²) in [5, 5.41) is 9.44. The van der Waals surface area contributed by atoms with Gasteiger partial charge in [-0.2, -0.15) is 0 Å². The zero-order valence-electron chi connectivity index (χ0n) is 2.65. The van der Waals surface area contributed by atoms with Crippen molar-refractivity contribution >= 4 is 22.6 Å². The fourth-order valence-electron chi connectivity index (χ4n) is 0.0364. The molecule has 0 aromatic heterocycles. The van der Waals surface area contributed by atoms with Crippen LogP contribution in [0.1, 0.15) is 0 Å². The van der Waals surface area contributed by atoms with Crippen LogP contribution in [0.15, 0.2) is 10.2 Å². The highest BCUT2D eigenvalue weighted by atomic mass is 127. The summed E-state index contributed by atoms with van der Waals surface area (Å²) in [6, 6.07) is 0. The molecule has 0 heterocycles. The highest BCUT2D eigenvalue weighted by molar-refractivity contribution is 14.1. The Hall–Kier alpha value is 0.430. The van der Waals surface area contributed by atoms with Crippen LogP contribution in [0.4, 0.5) is 0 Å². The summed E-state index contributed by atoms with van der Waals surface area (Å²) in [5.74, 6) is 0. The second-order valence-corrected chi connectivity index (χ2v) is 1.25. The fraction of sp³-hybridized carbons (Fsp3) is 0.333. The lowest BCUT2D eigenvalue weighted by molar-refractivity contribution is 0.232. The minimum atomic E-state index is -0.0943. The van der Waals surface area contributed by atoms with Crippen LogP contribution >= 0.6 is 22.6 Å². The Kier molecular flexibility index (Phi) is 4.81. The largest absolute Gasteiger partial charge is 0.232 e. The van der Waals surface area contributed by atoms with Gasteiger partial charge in [-0.05, 0) is 10.2 Å². The van der Waals surface area contributed by atoms with Crippen LogP contribution in [0.2, 0.25) is 0 Å². The summed E-state index contributed by atoms with van der Waals surface area (Å²) in [4.78, 5) is 0. The van der Waals surface area contributed by atoms with Gasteiger partial charge in [-0.3, -0.25) is 0 Å². The normalized spacial score (nSPS) is 10.0. The molecule has 0 fully saturated rings. The van der Waals surface area contributed by atoms with Crippen molar-refractivity contribution in [3.63, 3.8) is 0 Å². The van der Waals surface area contributed by atoms with Gasteiger partial charge in [0.15, 0.2) is 0 Å². The Balaban J connectivity index is 2.62. The molecule has 0 saturated carbocycles. The van der Waals surface area contributed by atoms with E-state index in [-0.39, 0.29) is 6.61 Å². The van der Waals surface area contributed by atoms with Crippen LogP contribution in [0.5, 0.6) is 0 Å². The van der Waals surface area contributed by atoms with Crippen LogP contribution in [0, 0.1) is 0 Å². The van der Waals surface area contributed by atoms with Crippen LogP contribution in [-0.2, 0) is 5.11 Å². The van der Waals surface area contributed by atoms with Crippen LogP contribution in [-0.4, -0.2) is 6.61 Å². The first-order chi connectivity index (χ1) is 2.41. The molecule has 0 unspecified atom stereocenters. The Morgan fingerprint density at radius 1 is 1.80 bits per heavy atom. The van der Waals surface area contributed by atoms with Gasteiger partial charge in [0.2, 0.25) is 0 Å². The number of hydrogen-bond donors (Lipinski definition) is 0. The van der Waals surface area contributed by atoms with Crippen molar-refractivity contribution in [1.29, 1.82) is 0 Å². The Morgan fingerprint density at radius 3 is 2.40 bits per heavy atom. The van der Waals surface area contributed by atoms with E-state index < -0.39 is 0 Å². The predicted octanol–water partition coefficient (Wildman–Crippen LogP) is 1.37. The molecule has 0 aliphatic heterocycles. The first kappa shape index (κ1) is 5.43. The molecule has 1 nitrogen and oxygen atoms in total. The summed E-state index contributed by atoms with van der Waals surface area (Å²) in [7, 11) is 0. The van der Waals surface area contributed by atoms with E-state index in [2.05, 4.69) is 0 Å². The monoisotopic (exact) mass is 183 g/mol. The maximum Gasteiger partial charge on any atom is 0.101 e. The zero-order chi connectivity index (χ0) is 4.12. The topological polar surface area (TPSA) is 19.9 Å². The summed E-state index contributed by atoms with van der Waals surface area (Å²) >= 11 is 2.01. The predicted molar refractivity (Wildman–Crippen MR) is 28.7 cm³/mol. The third-order valence-corrected chi connectivity index (χ3v) is 0.694. The van der Waals surface area contributed by atoms with Gasteiger partial charge in [0.1, 0.15) is 6.61 Å². The number of hydrogen-bond acceptors (Lipinski definition) is 0. The van der Waals surface area contributed by atoms with Crippen molar-refractivity contribution in [2.24, 2.45) is 0 Å². The van der Waals surface area contributed by atoms with Gasteiger partial charge in [0.25, 0.3) is 0 Å². The molecule has 2 heteroatoms. The fourth-order valence-corrected chi connectivity index (χ4v) is 0.244. The summed E-state index contributed by atoms with van der Waals surface area (Å²) in [5.41, 5.74) is 0. The highest BCUT2D eigenvalue weighted by Gasteiger charge is 1.57. The number of halogens is 1. The molecule has 1 radical (unpaired) electrons. The van der Waals surface area contributed by atoms with Gasteiger partial charge in [0.05, 0.1) is 0 Å². The molecule has 0 rings (SSSR count). The molecule has 5 heavy (non-hydrogen) atoms. The van der Waals surface area contributed by atoms with E-state index in [1.807, 2.05) is 22.6 Å². The molecule has 0 saturated heterocycles. The van der Waals surface area contributed by atoms with E-state index in [1.165, 1.54) is 0 Å². The van der Waals surface area contributed by atoms with E-state index in [4.69, 9.17) is 0 Å². The average molecular weight is 183 g/mol. The lowest BCUT2D eigenvalue weighted by atomic mass is 10.7. The highest BCUT2D eigenvalue weighted by Crippen LogP contribution is 1.79. The molecule has 0 aromatic carbocycles. The third kappa shape index (κ3) is 4.43. The maximum absolute atomic E-state index is 9.44. The van der Waals surface area contributed by atoms with Gasteiger partial charge in [-0.1, -0.05) is 22.6 Å². The summed E-state index contributed by atoms with van der Waals surface area (Å²) in [6.45, 7) is -0.0943. The van der Waals surface area contributed by atoms with Crippen molar-refractivity contribution < 1.29 is 5.11 Å². The van der Waals surface area contributed by atoms with Crippen LogP contribution in [0.3, 0.4) is 0 Å². The molecule has 0 aromatic rings. The maximum atomic E-state index is 9.44. The van der Waals surface area contributed by atoms with Gasteiger partial charge in [-0.25, -0.2) is 5.11 Å². The average Bonchev–Trinajstić information content (AvgIpc) is 1.41. The molecular weight excluding hydrogens is 179 g/mol. The van der Waals surface area contributed by atoms with Gasteiger partial charge >= 0.3 is 0 Å². The summed E-state index contributed by atoms with van der Waals surface area (Å²) in [6.07, 6.45) is 1.56. The standard InChI is InChI=1S/C3H4IO/c4-2-1-3-5/h1-2H,3H2/b2-1+. The molecule has 0 aliphatic carbocycles. The van der Waals surface area contributed by atoms with Crippen molar-refractivity contribution in [2.45, 2.75) is 0 Å². The molecule has 0 N–H and O–H groups in total. The molecule has 0 spiro atoms. The SMILES string of the molecule is [O]C/C=C/I. The lowest BCUT2D eigenvalue weighted by Crippen LogP contribution is -1.60. The Morgan fingerprint density at radius 2 is 2.40 bits per heavy atom. The molecule has 0 amide bonds. The Labute approximate surface area is 44.8 Å². The van der Waals surface area contributed by atoms with Crippen molar-refractivity contribution in [2.75, 3.05) is 6.61 Å². The lowest BCUT2D eigenvalue weighted by Gasteiger charge is -1.60. The second-order valence-electron chi connectivity index (χ2n) is 0.528.